The quantitative estimate of drug-likeness (QED) is 0.740. The molecule has 0 aromatic carbocycles. The van der Waals surface area contributed by atoms with Gasteiger partial charge in [0.05, 0.1) is 12.6 Å². The van der Waals surface area contributed by atoms with Crippen LogP contribution in [0.2, 0.25) is 0 Å². The number of hydrogen-bond acceptors (Lipinski definition) is 3. The lowest BCUT2D eigenvalue weighted by atomic mass is 9.91. The number of aliphatic hydroxyl groups excluding tert-OH is 1. The molecule has 0 saturated carbocycles. The highest BCUT2D eigenvalue weighted by Crippen LogP contribution is 2.19. The first-order valence-corrected chi connectivity index (χ1v) is 6.68. The maximum Gasteiger partial charge on any atom is 0.223 e. The van der Waals surface area contributed by atoms with Crippen LogP contribution in [0.25, 0.3) is 0 Å². The van der Waals surface area contributed by atoms with Gasteiger partial charge in [-0.2, -0.15) is 0 Å². The summed E-state index contributed by atoms with van der Waals surface area (Å²) in [5.74, 6) is 0.456. The van der Waals surface area contributed by atoms with E-state index < -0.39 is 0 Å². The number of aliphatic hydroxyl groups is 1. The summed E-state index contributed by atoms with van der Waals surface area (Å²) in [5.41, 5.74) is 0. The molecule has 100 valence electrons. The van der Waals surface area contributed by atoms with Gasteiger partial charge in [-0.1, -0.05) is 20.3 Å². The number of rotatable bonds is 6. The van der Waals surface area contributed by atoms with Crippen LogP contribution in [0.5, 0.6) is 0 Å². The first-order chi connectivity index (χ1) is 8.19. The monoisotopic (exact) mass is 243 g/mol. The molecule has 2 atom stereocenters. The van der Waals surface area contributed by atoms with Crippen molar-refractivity contribution in [3.05, 3.63) is 0 Å². The Kier molecular flexibility index (Phi) is 6.52. The summed E-state index contributed by atoms with van der Waals surface area (Å²) in [6.07, 6.45) is 3.76. The molecule has 4 heteroatoms. The van der Waals surface area contributed by atoms with Gasteiger partial charge in [-0.25, -0.2) is 0 Å². The summed E-state index contributed by atoms with van der Waals surface area (Å²) in [6, 6.07) is -0.106. The van der Waals surface area contributed by atoms with Crippen LogP contribution in [0.15, 0.2) is 0 Å². The lowest BCUT2D eigenvalue weighted by Crippen LogP contribution is -2.46. The first-order valence-electron chi connectivity index (χ1n) is 6.68. The van der Waals surface area contributed by atoms with Crippen molar-refractivity contribution in [2.75, 3.05) is 19.8 Å². The van der Waals surface area contributed by atoms with Crippen molar-refractivity contribution in [1.29, 1.82) is 0 Å². The summed E-state index contributed by atoms with van der Waals surface area (Å²) >= 11 is 0. The van der Waals surface area contributed by atoms with Gasteiger partial charge in [0, 0.05) is 19.1 Å². The van der Waals surface area contributed by atoms with Crippen molar-refractivity contribution >= 4 is 5.91 Å². The Morgan fingerprint density at radius 1 is 1.47 bits per heavy atom. The predicted octanol–water partition coefficient (Wildman–Crippen LogP) is 1.33. The minimum Gasteiger partial charge on any atom is -0.394 e. The first kappa shape index (κ1) is 14.5. The van der Waals surface area contributed by atoms with Crippen LogP contribution in [-0.2, 0) is 9.53 Å². The summed E-state index contributed by atoms with van der Waals surface area (Å²) in [7, 11) is 0. The van der Waals surface area contributed by atoms with Crippen molar-refractivity contribution in [3.8, 4) is 0 Å². The van der Waals surface area contributed by atoms with E-state index in [1.807, 2.05) is 6.92 Å². The summed E-state index contributed by atoms with van der Waals surface area (Å²) in [4.78, 5) is 11.9. The zero-order valence-electron chi connectivity index (χ0n) is 10.9. The van der Waals surface area contributed by atoms with Gasteiger partial charge in [0.2, 0.25) is 5.91 Å². The number of carbonyl (C=O) groups is 1. The van der Waals surface area contributed by atoms with Crippen molar-refractivity contribution in [1.82, 2.24) is 5.32 Å². The van der Waals surface area contributed by atoms with Gasteiger partial charge in [-0.3, -0.25) is 4.79 Å². The Labute approximate surface area is 104 Å². The van der Waals surface area contributed by atoms with E-state index in [2.05, 4.69) is 12.2 Å². The fraction of sp³-hybridized carbons (Fsp3) is 0.923. The van der Waals surface area contributed by atoms with Crippen LogP contribution in [0.4, 0.5) is 0 Å². The Morgan fingerprint density at radius 3 is 2.65 bits per heavy atom. The maximum absolute atomic E-state index is 11.9. The van der Waals surface area contributed by atoms with E-state index >= 15 is 0 Å². The molecule has 0 aliphatic carbocycles. The molecule has 0 radical (unpaired) electrons. The second-order valence-corrected chi connectivity index (χ2v) is 4.94. The number of hydrogen-bond donors (Lipinski definition) is 2. The van der Waals surface area contributed by atoms with Gasteiger partial charge in [0.1, 0.15) is 0 Å². The molecule has 17 heavy (non-hydrogen) atoms. The van der Waals surface area contributed by atoms with Crippen molar-refractivity contribution in [2.24, 2.45) is 11.8 Å². The third-order valence-corrected chi connectivity index (χ3v) is 3.53. The Hall–Kier alpha value is -0.610. The van der Waals surface area contributed by atoms with E-state index in [1.165, 1.54) is 0 Å². The van der Waals surface area contributed by atoms with Gasteiger partial charge >= 0.3 is 0 Å². The average molecular weight is 243 g/mol. The van der Waals surface area contributed by atoms with E-state index in [0.29, 0.717) is 5.92 Å². The van der Waals surface area contributed by atoms with Crippen LogP contribution in [0.3, 0.4) is 0 Å². The normalized spacial score (nSPS) is 20.9. The highest BCUT2D eigenvalue weighted by Gasteiger charge is 2.26. The van der Waals surface area contributed by atoms with Crippen molar-refractivity contribution < 1.29 is 14.6 Å². The molecule has 4 nitrogen and oxygen atoms in total. The highest BCUT2D eigenvalue weighted by atomic mass is 16.5. The van der Waals surface area contributed by atoms with Gasteiger partial charge in [0.25, 0.3) is 0 Å². The lowest BCUT2D eigenvalue weighted by Gasteiger charge is -2.30. The summed E-state index contributed by atoms with van der Waals surface area (Å²) in [5, 5.41) is 12.4. The van der Waals surface area contributed by atoms with Crippen LogP contribution >= 0.6 is 0 Å². The molecule has 0 spiro atoms. The molecule has 0 aromatic heterocycles. The SMILES string of the molecule is CCCC(C)C(=O)N[C@H](CO)C1CCOCC1. The standard InChI is InChI=1S/C13H25NO3/c1-3-4-10(2)13(16)14-12(9-15)11-5-7-17-8-6-11/h10-12,15H,3-9H2,1-2H3,(H,14,16)/t10?,12-/m1/s1. The smallest absolute Gasteiger partial charge is 0.223 e. The molecule has 0 aromatic rings. The van der Waals surface area contributed by atoms with Crippen LogP contribution < -0.4 is 5.32 Å². The maximum atomic E-state index is 11.9. The van der Waals surface area contributed by atoms with E-state index in [9.17, 15) is 9.90 Å². The average Bonchev–Trinajstić information content (AvgIpc) is 2.37. The zero-order valence-corrected chi connectivity index (χ0v) is 10.9. The minimum atomic E-state index is -0.106. The predicted molar refractivity (Wildman–Crippen MR) is 66.6 cm³/mol. The molecular formula is C13H25NO3. The molecule has 1 aliphatic rings. The number of amides is 1. The molecule has 1 aliphatic heterocycles. The molecular weight excluding hydrogens is 218 g/mol. The minimum absolute atomic E-state index is 0.0231. The van der Waals surface area contributed by atoms with E-state index in [1.54, 1.807) is 0 Å². The van der Waals surface area contributed by atoms with Gasteiger partial charge in [-0.05, 0) is 25.2 Å². The van der Waals surface area contributed by atoms with E-state index in [4.69, 9.17) is 4.74 Å². The Morgan fingerprint density at radius 2 is 2.12 bits per heavy atom. The third-order valence-electron chi connectivity index (χ3n) is 3.53. The van der Waals surface area contributed by atoms with E-state index in [-0.39, 0.29) is 24.5 Å². The van der Waals surface area contributed by atoms with E-state index in [0.717, 1.165) is 38.9 Å². The molecule has 1 heterocycles. The molecule has 0 bridgehead atoms. The number of carbonyl (C=O) groups excluding carboxylic acids is 1. The number of ether oxygens (including phenoxy) is 1. The van der Waals surface area contributed by atoms with Crippen LogP contribution in [-0.4, -0.2) is 36.9 Å². The Bertz CT molecular complexity index is 227. The molecule has 2 N–H and O–H groups in total. The topological polar surface area (TPSA) is 58.6 Å². The summed E-state index contributed by atoms with van der Waals surface area (Å²) in [6.45, 7) is 5.52. The van der Waals surface area contributed by atoms with Crippen molar-refractivity contribution in [3.63, 3.8) is 0 Å². The fourth-order valence-corrected chi connectivity index (χ4v) is 2.32. The molecule has 1 fully saturated rings. The molecule has 1 rings (SSSR count). The zero-order chi connectivity index (χ0) is 12.7. The second-order valence-electron chi connectivity index (χ2n) is 4.94. The van der Waals surface area contributed by atoms with Gasteiger partial charge < -0.3 is 15.2 Å². The second kappa shape index (κ2) is 7.67. The third kappa shape index (κ3) is 4.64. The Balaban J connectivity index is 2.42. The molecule has 1 saturated heterocycles. The van der Waals surface area contributed by atoms with Gasteiger partial charge in [-0.15, -0.1) is 0 Å². The molecule has 1 unspecified atom stereocenters. The lowest BCUT2D eigenvalue weighted by molar-refractivity contribution is -0.126. The highest BCUT2D eigenvalue weighted by molar-refractivity contribution is 5.78. The fourth-order valence-electron chi connectivity index (χ4n) is 2.32. The van der Waals surface area contributed by atoms with Crippen molar-refractivity contribution in [2.45, 2.75) is 45.6 Å². The molecule has 1 amide bonds. The van der Waals surface area contributed by atoms with Crippen LogP contribution in [0, 0.1) is 11.8 Å². The van der Waals surface area contributed by atoms with Gasteiger partial charge in [0.15, 0.2) is 0 Å². The van der Waals surface area contributed by atoms with Crippen LogP contribution in [0.1, 0.15) is 39.5 Å². The summed E-state index contributed by atoms with van der Waals surface area (Å²) < 4.78 is 5.29. The number of nitrogens with one attached hydrogen (secondary N) is 1. The largest absolute Gasteiger partial charge is 0.394 e.